The molecular formula is C16H22FNO2. The first-order chi connectivity index (χ1) is 9.65. The van der Waals surface area contributed by atoms with Crippen molar-refractivity contribution < 1.29 is 13.9 Å². The molecule has 0 spiro atoms. The summed E-state index contributed by atoms with van der Waals surface area (Å²) in [6, 6.07) is 5.98. The van der Waals surface area contributed by atoms with Crippen LogP contribution in [0.1, 0.15) is 45.4 Å². The molecule has 1 N–H and O–H groups in total. The van der Waals surface area contributed by atoms with Crippen molar-refractivity contribution >= 4 is 5.91 Å². The Morgan fingerprint density at radius 3 is 2.40 bits per heavy atom. The first-order valence-corrected chi connectivity index (χ1v) is 7.38. The number of hydrogen-bond acceptors (Lipinski definition) is 2. The third kappa shape index (κ3) is 4.51. The number of carbonyl (C=O) groups excluding carboxylic acids is 1. The van der Waals surface area contributed by atoms with Crippen LogP contribution in [0.25, 0.3) is 0 Å². The summed E-state index contributed by atoms with van der Waals surface area (Å²) in [6.45, 7) is 1.72. The molecule has 3 nitrogen and oxygen atoms in total. The van der Waals surface area contributed by atoms with Crippen LogP contribution in [0.4, 0.5) is 4.39 Å². The Balaban J connectivity index is 1.83. The molecule has 0 aliphatic heterocycles. The smallest absolute Gasteiger partial charge is 0.260 e. The molecular weight excluding hydrogens is 257 g/mol. The number of nitrogens with one attached hydrogen (secondary N) is 1. The summed E-state index contributed by atoms with van der Waals surface area (Å²) in [4.78, 5) is 12.1. The molecule has 1 fully saturated rings. The average Bonchev–Trinajstić information content (AvgIpc) is 2.70. The molecule has 0 heterocycles. The Morgan fingerprint density at radius 1 is 1.20 bits per heavy atom. The summed E-state index contributed by atoms with van der Waals surface area (Å²) in [7, 11) is 0. The topological polar surface area (TPSA) is 38.3 Å². The van der Waals surface area contributed by atoms with E-state index in [1.54, 1.807) is 6.92 Å². The van der Waals surface area contributed by atoms with Crippen LogP contribution in [0.15, 0.2) is 24.3 Å². The first kappa shape index (κ1) is 14.8. The number of halogens is 1. The van der Waals surface area contributed by atoms with E-state index >= 15 is 0 Å². The average molecular weight is 279 g/mol. The maximum absolute atomic E-state index is 12.8. The van der Waals surface area contributed by atoms with E-state index in [9.17, 15) is 9.18 Å². The fourth-order valence-corrected chi connectivity index (χ4v) is 2.51. The highest BCUT2D eigenvalue weighted by molar-refractivity contribution is 5.81. The van der Waals surface area contributed by atoms with Crippen LogP contribution in [0.5, 0.6) is 5.75 Å². The first-order valence-electron chi connectivity index (χ1n) is 7.38. The molecule has 0 unspecified atom stereocenters. The number of ether oxygens (including phenoxy) is 1. The van der Waals surface area contributed by atoms with Crippen molar-refractivity contribution in [1.29, 1.82) is 0 Å². The Kier molecular flexibility index (Phi) is 5.39. The summed E-state index contributed by atoms with van der Waals surface area (Å²) in [5.74, 6) is 0.101. The standard InChI is InChI=1S/C16H22FNO2/c1-12(20-15-10-8-13(17)9-11-15)16(19)18-14-6-4-2-3-5-7-14/h8-12,14H,2-7H2,1H3,(H,18,19)/t12-/m1/s1. The van der Waals surface area contributed by atoms with Crippen LogP contribution in [-0.2, 0) is 4.79 Å². The van der Waals surface area contributed by atoms with E-state index in [2.05, 4.69) is 5.32 Å². The lowest BCUT2D eigenvalue weighted by molar-refractivity contribution is -0.128. The van der Waals surface area contributed by atoms with Gasteiger partial charge in [0.05, 0.1) is 0 Å². The predicted molar refractivity (Wildman–Crippen MR) is 76.1 cm³/mol. The van der Waals surface area contributed by atoms with Gasteiger partial charge in [0.2, 0.25) is 0 Å². The Hall–Kier alpha value is -1.58. The zero-order valence-corrected chi connectivity index (χ0v) is 11.9. The van der Waals surface area contributed by atoms with Crippen molar-refractivity contribution in [1.82, 2.24) is 5.32 Å². The van der Waals surface area contributed by atoms with Gasteiger partial charge in [0.15, 0.2) is 6.10 Å². The molecule has 0 aromatic heterocycles. The quantitative estimate of drug-likeness (QED) is 0.857. The number of hydrogen-bond donors (Lipinski definition) is 1. The van der Waals surface area contributed by atoms with Crippen LogP contribution in [0.3, 0.4) is 0 Å². The summed E-state index contributed by atoms with van der Waals surface area (Å²) in [5, 5.41) is 3.05. The fraction of sp³-hybridized carbons (Fsp3) is 0.562. The summed E-state index contributed by atoms with van der Waals surface area (Å²) in [6.07, 6.45) is 6.41. The van der Waals surface area contributed by atoms with Gasteiger partial charge in [-0.25, -0.2) is 4.39 Å². The van der Waals surface area contributed by atoms with Gasteiger partial charge in [0.25, 0.3) is 5.91 Å². The molecule has 1 aliphatic carbocycles. The Bertz CT molecular complexity index is 425. The molecule has 0 saturated heterocycles. The van der Waals surface area contributed by atoms with Crippen LogP contribution >= 0.6 is 0 Å². The molecule has 4 heteroatoms. The van der Waals surface area contributed by atoms with Crippen LogP contribution in [0, 0.1) is 5.82 Å². The summed E-state index contributed by atoms with van der Waals surface area (Å²) >= 11 is 0. The summed E-state index contributed by atoms with van der Waals surface area (Å²) < 4.78 is 18.3. The minimum atomic E-state index is -0.566. The van der Waals surface area contributed by atoms with Gasteiger partial charge in [-0.1, -0.05) is 25.7 Å². The number of rotatable bonds is 4. The van der Waals surface area contributed by atoms with Crippen molar-refractivity contribution in [3.8, 4) is 5.75 Å². The maximum atomic E-state index is 12.8. The third-order valence-electron chi connectivity index (χ3n) is 3.70. The lowest BCUT2D eigenvalue weighted by atomic mass is 10.1. The van der Waals surface area contributed by atoms with Gasteiger partial charge in [-0.2, -0.15) is 0 Å². The van der Waals surface area contributed by atoms with Gasteiger partial charge in [-0.3, -0.25) is 4.79 Å². The second kappa shape index (κ2) is 7.27. The molecule has 0 bridgehead atoms. The lowest BCUT2D eigenvalue weighted by Crippen LogP contribution is -2.42. The van der Waals surface area contributed by atoms with E-state index in [1.165, 1.54) is 49.9 Å². The van der Waals surface area contributed by atoms with Gasteiger partial charge in [-0.15, -0.1) is 0 Å². The SMILES string of the molecule is C[C@@H](Oc1ccc(F)cc1)C(=O)NC1CCCCCC1. The highest BCUT2D eigenvalue weighted by Gasteiger charge is 2.20. The number of benzene rings is 1. The van der Waals surface area contributed by atoms with Crippen molar-refractivity contribution in [2.45, 2.75) is 57.6 Å². The van der Waals surface area contributed by atoms with Gasteiger partial charge >= 0.3 is 0 Å². The normalized spacial score (nSPS) is 18.1. The largest absolute Gasteiger partial charge is 0.481 e. The third-order valence-corrected chi connectivity index (χ3v) is 3.70. The van der Waals surface area contributed by atoms with Gasteiger partial charge in [0, 0.05) is 6.04 Å². The van der Waals surface area contributed by atoms with E-state index in [4.69, 9.17) is 4.74 Å². The monoisotopic (exact) mass is 279 g/mol. The van der Waals surface area contributed by atoms with Crippen LogP contribution in [-0.4, -0.2) is 18.1 Å². The zero-order chi connectivity index (χ0) is 14.4. The molecule has 1 aromatic rings. The van der Waals surface area contributed by atoms with E-state index < -0.39 is 6.10 Å². The second-order valence-electron chi connectivity index (χ2n) is 5.41. The van der Waals surface area contributed by atoms with Crippen molar-refractivity contribution in [2.24, 2.45) is 0 Å². The Labute approximate surface area is 119 Å². The van der Waals surface area contributed by atoms with Gasteiger partial charge < -0.3 is 10.1 Å². The molecule has 0 radical (unpaired) electrons. The maximum Gasteiger partial charge on any atom is 0.260 e. The minimum Gasteiger partial charge on any atom is -0.481 e. The highest BCUT2D eigenvalue weighted by atomic mass is 19.1. The van der Waals surface area contributed by atoms with Gasteiger partial charge in [-0.05, 0) is 44.0 Å². The van der Waals surface area contributed by atoms with E-state index in [-0.39, 0.29) is 17.8 Å². The fourth-order valence-electron chi connectivity index (χ4n) is 2.51. The van der Waals surface area contributed by atoms with Crippen LogP contribution < -0.4 is 10.1 Å². The molecule has 1 atom stereocenters. The number of amides is 1. The van der Waals surface area contributed by atoms with E-state index in [0.29, 0.717) is 5.75 Å². The van der Waals surface area contributed by atoms with Crippen molar-refractivity contribution in [3.05, 3.63) is 30.1 Å². The van der Waals surface area contributed by atoms with Gasteiger partial charge in [0.1, 0.15) is 11.6 Å². The predicted octanol–water partition coefficient (Wildman–Crippen LogP) is 3.43. The van der Waals surface area contributed by atoms with Crippen molar-refractivity contribution in [3.63, 3.8) is 0 Å². The molecule has 1 saturated carbocycles. The van der Waals surface area contributed by atoms with Crippen molar-refractivity contribution in [2.75, 3.05) is 0 Å². The van der Waals surface area contributed by atoms with E-state index in [0.717, 1.165) is 12.8 Å². The highest BCUT2D eigenvalue weighted by Crippen LogP contribution is 2.18. The Morgan fingerprint density at radius 2 is 1.80 bits per heavy atom. The van der Waals surface area contributed by atoms with Crippen LogP contribution in [0.2, 0.25) is 0 Å². The molecule has 20 heavy (non-hydrogen) atoms. The second-order valence-corrected chi connectivity index (χ2v) is 5.41. The zero-order valence-electron chi connectivity index (χ0n) is 11.9. The lowest BCUT2D eigenvalue weighted by Gasteiger charge is -2.20. The molecule has 2 rings (SSSR count). The molecule has 1 aliphatic rings. The minimum absolute atomic E-state index is 0.0961. The molecule has 1 amide bonds. The summed E-state index contributed by atoms with van der Waals surface area (Å²) in [5.41, 5.74) is 0. The molecule has 110 valence electrons. The number of carbonyl (C=O) groups is 1. The van der Waals surface area contributed by atoms with E-state index in [1.807, 2.05) is 0 Å². The molecule has 1 aromatic carbocycles.